The molecule has 0 spiro atoms. The maximum Gasteiger partial charge on any atom is 0.217 e. The zero-order valence-corrected chi connectivity index (χ0v) is 45.4. The summed E-state index contributed by atoms with van der Waals surface area (Å²) in [4.78, 5) is 24.6. The van der Waals surface area contributed by atoms with E-state index >= 15 is 0 Å². The van der Waals surface area contributed by atoms with Gasteiger partial charge in [-0.25, -0.2) is 0 Å². The highest BCUT2D eigenvalue weighted by molar-refractivity contribution is 5.73. The number of carbonyl (C=O) groups excluding carboxylic acids is 2. The van der Waals surface area contributed by atoms with E-state index in [1.54, 1.807) is 6.92 Å². The van der Waals surface area contributed by atoms with Gasteiger partial charge in [0.1, 0.15) is 165 Å². The molecule has 0 bridgehead atoms. The molecular weight excluding hydrogens is 1150 g/mol. The van der Waals surface area contributed by atoms with Crippen LogP contribution >= 0.6 is 0 Å². The molecule has 37 heteroatoms. The summed E-state index contributed by atoms with van der Waals surface area (Å²) in [6.07, 6.45) is -63.5. The van der Waals surface area contributed by atoms with Crippen LogP contribution in [0.2, 0.25) is 0 Å². The van der Waals surface area contributed by atoms with E-state index in [0.29, 0.717) is 0 Å². The molecule has 0 aliphatic carbocycles. The normalized spacial score (nSPS) is 46.4. The van der Waals surface area contributed by atoms with Gasteiger partial charge in [0.2, 0.25) is 11.8 Å². The Morgan fingerprint density at radius 3 is 1.21 bits per heavy atom. The maximum absolute atomic E-state index is 12.7. The number of rotatable bonds is 25. The van der Waals surface area contributed by atoms with Gasteiger partial charge in [-0.3, -0.25) is 9.59 Å². The third kappa shape index (κ3) is 16.0. The number of hydrogen-bond donors (Lipinski definition) is 23. The van der Waals surface area contributed by atoms with Crippen molar-refractivity contribution in [2.75, 3.05) is 46.2 Å². The summed E-state index contributed by atoms with van der Waals surface area (Å²) in [6.45, 7) is -3.25. The van der Waals surface area contributed by atoms with E-state index in [-0.39, 0.29) is 6.42 Å². The minimum absolute atomic E-state index is 0.0462. The summed E-state index contributed by atoms with van der Waals surface area (Å²) in [5.74, 6) is -1.47. The Bertz CT molecular complexity index is 2010. The van der Waals surface area contributed by atoms with Crippen LogP contribution in [0.25, 0.3) is 0 Å². The molecule has 84 heavy (non-hydrogen) atoms. The molecule has 0 saturated carbocycles. The zero-order valence-electron chi connectivity index (χ0n) is 45.4. The first-order valence-electron chi connectivity index (χ1n) is 26.9. The molecule has 14 unspecified atom stereocenters. The summed E-state index contributed by atoms with van der Waals surface area (Å²) in [6, 6.07) is -2.92. The Hall–Kier alpha value is -2.38. The van der Waals surface area contributed by atoms with Gasteiger partial charge < -0.3 is 175 Å². The Morgan fingerprint density at radius 1 is 0.429 bits per heavy atom. The topological polar surface area (TPSA) is 594 Å². The van der Waals surface area contributed by atoms with Crippen LogP contribution in [0, 0.1) is 0 Å². The third-order valence-electron chi connectivity index (χ3n) is 15.2. The fourth-order valence-corrected chi connectivity index (χ4v) is 10.4. The van der Waals surface area contributed by atoms with Gasteiger partial charge in [0.05, 0.1) is 52.3 Å². The van der Waals surface area contributed by atoms with E-state index in [4.69, 9.17) is 56.8 Å². The Morgan fingerprint density at radius 2 is 0.798 bits per heavy atom. The number of hydrogen-bond acceptors (Lipinski definition) is 35. The van der Waals surface area contributed by atoms with Crippen molar-refractivity contribution in [2.24, 2.45) is 0 Å². The van der Waals surface area contributed by atoms with Crippen molar-refractivity contribution in [2.45, 2.75) is 236 Å². The Kier molecular flexibility index (Phi) is 26.4. The van der Waals surface area contributed by atoms with Gasteiger partial charge in [-0.2, -0.15) is 0 Å². The van der Waals surface area contributed by atoms with E-state index in [9.17, 15) is 117 Å². The minimum atomic E-state index is -2.34. The lowest BCUT2D eigenvalue weighted by Gasteiger charge is -2.49. The molecule has 0 radical (unpaired) electrons. The predicted octanol–water partition coefficient (Wildman–Crippen LogP) is -14.9. The third-order valence-corrected chi connectivity index (χ3v) is 15.2. The molecule has 0 aromatic rings. The Balaban J connectivity index is 1.31. The highest BCUT2D eigenvalue weighted by Crippen LogP contribution is 2.36. The quantitative estimate of drug-likeness (QED) is 0.0404. The second-order valence-electron chi connectivity index (χ2n) is 21.1. The number of carbonyl (C=O) groups is 2. The van der Waals surface area contributed by atoms with Crippen LogP contribution in [0.1, 0.15) is 27.2 Å². The van der Waals surface area contributed by atoms with Crippen molar-refractivity contribution >= 4 is 11.8 Å². The second kappa shape index (κ2) is 31.4. The number of aliphatic hydroxyl groups excluding tert-OH is 21. The van der Waals surface area contributed by atoms with E-state index in [1.165, 1.54) is 0 Å². The van der Waals surface area contributed by atoms with Crippen molar-refractivity contribution in [1.29, 1.82) is 0 Å². The highest BCUT2D eigenvalue weighted by atomic mass is 16.8. The molecule has 0 aromatic carbocycles. The van der Waals surface area contributed by atoms with Crippen molar-refractivity contribution < 1.29 is 174 Å². The van der Waals surface area contributed by atoms with E-state index in [2.05, 4.69) is 10.6 Å². The van der Waals surface area contributed by atoms with Gasteiger partial charge in [0.15, 0.2) is 37.7 Å². The summed E-state index contributed by atoms with van der Waals surface area (Å²) < 4.78 is 68.9. The first-order valence-corrected chi connectivity index (χ1v) is 26.9. The fourth-order valence-electron chi connectivity index (χ4n) is 10.4. The van der Waals surface area contributed by atoms with Gasteiger partial charge in [-0.05, 0) is 6.42 Å². The SMILES string of the molecule is CCC(NC(C)=O)[C@@H](O)[C@@H](O[C@@H]1OC(CO)[C@H](O[C@@H]2OC(CO[C@@H]3OC(CO[C@@H]4OC(CO)[C@H](O)[C@H](O)C4O)[C@H](O)[C@H](O[C@@H]4OC(CO)[C@H](O)[C@H](O)C4O)C3O)[C@H](O)[C@H](O[C@@H]3OC(CO)[C@H](O)[C@H](O)C3O)C2O)[C@H](O)C1NC(C)=O)C(O)CO. The molecule has 6 fully saturated rings. The van der Waals surface area contributed by atoms with Gasteiger partial charge in [0, 0.05) is 13.8 Å². The van der Waals surface area contributed by atoms with E-state index in [1.807, 2.05) is 0 Å². The van der Waals surface area contributed by atoms with Gasteiger partial charge in [-0.1, -0.05) is 6.92 Å². The molecule has 6 rings (SSSR count). The van der Waals surface area contributed by atoms with Crippen LogP contribution in [-0.2, 0) is 66.4 Å². The van der Waals surface area contributed by atoms with Crippen LogP contribution < -0.4 is 10.6 Å². The molecule has 6 heterocycles. The van der Waals surface area contributed by atoms with E-state index < -0.39 is 267 Å². The zero-order chi connectivity index (χ0) is 62.3. The molecule has 0 aromatic heterocycles. The van der Waals surface area contributed by atoms with Crippen LogP contribution in [0.4, 0.5) is 0 Å². The van der Waals surface area contributed by atoms with Crippen LogP contribution in [0.15, 0.2) is 0 Å². The number of ether oxygens (including phenoxy) is 12. The van der Waals surface area contributed by atoms with Crippen molar-refractivity contribution in [3.05, 3.63) is 0 Å². The summed E-state index contributed by atoms with van der Waals surface area (Å²) in [5, 5.41) is 231. The lowest BCUT2D eigenvalue weighted by molar-refractivity contribution is -0.386. The van der Waals surface area contributed by atoms with Gasteiger partial charge >= 0.3 is 0 Å². The monoisotopic (exact) mass is 1230 g/mol. The standard InChI is InChI=1S/C47H82N2O35/c1-4-14(48-12(2)55)23(58)38(15(57)5-50)81-42-22(49-13(3)56)29(64)39(19(9-54)78-42)82-47-37(72)41(84-46-35(70)32(67)26(61)18(8-53)77-46)28(63)21(80-47)11-74-44-36(71)40(83-45-34(69)31(66)25(60)17(7-52)76-45)27(62)20(79-44)10-73-43-33(68)30(65)24(59)16(6-51)75-43/h14-47,50-54,57-72H,4-11H2,1-3H3,(H,48,55)(H,49,56)/t14?,15?,16?,17?,18?,19?,20?,21?,22?,23-,24+,25+,26+,27+,28+,29-,30+,31+,32+,33?,34?,35?,36?,37?,38+,39+,40+,41+,42+,43-,44-,45+,46+,47+/m1/s1. The minimum Gasteiger partial charge on any atom is -0.394 e. The molecule has 34 atom stereocenters. The lowest BCUT2D eigenvalue weighted by atomic mass is 9.94. The molecule has 6 aliphatic heterocycles. The van der Waals surface area contributed by atoms with Gasteiger partial charge in [0.25, 0.3) is 0 Å². The van der Waals surface area contributed by atoms with Gasteiger partial charge in [-0.15, -0.1) is 0 Å². The molecule has 6 aliphatic rings. The van der Waals surface area contributed by atoms with Crippen LogP contribution in [-0.4, -0.2) is 374 Å². The smallest absolute Gasteiger partial charge is 0.217 e. The highest BCUT2D eigenvalue weighted by Gasteiger charge is 2.57. The largest absolute Gasteiger partial charge is 0.394 e. The van der Waals surface area contributed by atoms with Crippen molar-refractivity contribution in [3.63, 3.8) is 0 Å². The summed E-state index contributed by atoms with van der Waals surface area (Å²) in [5.41, 5.74) is 0. The van der Waals surface area contributed by atoms with Crippen molar-refractivity contribution in [3.8, 4) is 0 Å². The molecule has 37 nitrogen and oxygen atoms in total. The molecule has 2 amide bonds. The first-order chi connectivity index (χ1) is 39.7. The first kappa shape index (κ1) is 70.7. The number of aliphatic hydroxyl groups is 21. The van der Waals surface area contributed by atoms with Crippen LogP contribution in [0.5, 0.6) is 0 Å². The average molecular weight is 1240 g/mol. The summed E-state index contributed by atoms with van der Waals surface area (Å²) in [7, 11) is 0. The fraction of sp³-hybridized carbons (Fsp3) is 0.957. The van der Waals surface area contributed by atoms with Crippen molar-refractivity contribution in [1.82, 2.24) is 10.6 Å². The molecule has 23 N–H and O–H groups in total. The average Bonchev–Trinajstić information content (AvgIpc) is 2.50. The number of amides is 2. The molecule has 6 saturated heterocycles. The summed E-state index contributed by atoms with van der Waals surface area (Å²) >= 11 is 0. The molecule has 490 valence electrons. The lowest BCUT2D eigenvalue weighted by Crippen LogP contribution is -2.69. The Labute approximate surface area is 477 Å². The number of nitrogens with one attached hydrogen (secondary N) is 2. The van der Waals surface area contributed by atoms with Crippen LogP contribution in [0.3, 0.4) is 0 Å². The predicted molar refractivity (Wildman–Crippen MR) is 260 cm³/mol. The molecular formula is C47H82N2O35. The maximum atomic E-state index is 12.7. The second-order valence-corrected chi connectivity index (χ2v) is 21.1. The van der Waals surface area contributed by atoms with E-state index in [0.717, 1.165) is 13.8 Å².